The van der Waals surface area contributed by atoms with E-state index in [0.29, 0.717) is 17.3 Å². The minimum Gasteiger partial charge on any atom is -0.341 e. The summed E-state index contributed by atoms with van der Waals surface area (Å²) in [7, 11) is 1.87. The number of hydrogen-bond donors (Lipinski definition) is 2. The van der Waals surface area contributed by atoms with Crippen molar-refractivity contribution in [2.75, 3.05) is 13.1 Å². The fourth-order valence-corrected chi connectivity index (χ4v) is 4.59. The Balaban J connectivity index is 1.66. The molecule has 1 saturated heterocycles. The zero-order chi connectivity index (χ0) is 19.0. The Hall–Kier alpha value is -1.93. The molecule has 0 bridgehead atoms. The minimum absolute atomic E-state index is 0.0392. The van der Waals surface area contributed by atoms with Crippen LogP contribution in [0.25, 0.3) is 10.2 Å². The first-order valence-electron chi connectivity index (χ1n) is 9.06. The van der Waals surface area contributed by atoms with Gasteiger partial charge < -0.3 is 16.0 Å². The van der Waals surface area contributed by atoms with Gasteiger partial charge in [-0.2, -0.15) is 5.10 Å². The average molecular weight is 378 g/mol. The predicted molar refractivity (Wildman–Crippen MR) is 103 cm³/mol. The second kappa shape index (κ2) is 7.36. The van der Waals surface area contributed by atoms with Gasteiger partial charge in [-0.05, 0) is 45.6 Å². The summed E-state index contributed by atoms with van der Waals surface area (Å²) in [6.07, 6.45) is 2.01. The SMILES string of the molecule is Cc1nn(C)c2sc(C(=O)NC(C)C(=O)N3CCCC(C(C)N)C3)cc12. The molecule has 0 spiro atoms. The highest BCUT2D eigenvalue weighted by Gasteiger charge is 2.29. The maximum Gasteiger partial charge on any atom is 0.262 e. The van der Waals surface area contributed by atoms with Gasteiger partial charge in [0, 0.05) is 31.6 Å². The number of nitrogens with one attached hydrogen (secondary N) is 1. The van der Waals surface area contributed by atoms with E-state index in [0.717, 1.165) is 35.3 Å². The summed E-state index contributed by atoms with van der Waals surface area (Å²) in [4.78, 5) is 28.7. The van der Waals surface area contributed by atoms with Crippen LogP contribution in [0.3, 0.4) is 0 Å². The molecule has 3 atom stereocenters. The van der Waals surface area contributed by atoms with Crippen molar-refractivity contribution in [1.29, 1.82) is 0 Å². The number of thiophene rings is 1. The van der Waals surface area contributed by atoms with Crippen LogP contribution in [0.2, 0.25) is 0 Å². The van der Waals surface area contributed by atoms with E-state index in [2.05, 4.69) is 10.4 Å². The quantitative estimate of drug-likeness (QED) is 0.847. The molecule has 2 amide bonds. The van der Waals surface area contributed by atoms with Crippen LogP contribution in [0.4, 0.5) is 0 Å². The average Bonchev–Trinajstić information content (AvgIpc) is 3.16. The van der Waals surface area contributed by atoms with Crippen LogP contribution < -0.4 is 11.1 Å². The number of hydrogen-bond acceptors (Lipinski definition) is 5. The van der Waals surface area contributed by atoms with Crippen LogP contribution in [0, 0.1) is 12.8 Å². The van der Waals surface area contributed by atoms with Crippen molar-refractivity contribution < 1.29 is 9.59 Å². The Morgan fingerprint density at radius 1 is 1.42 bits per heavy atom. The summed E-state index contributed by atoms with van der Waals surface area (Å²) in [5.41, 5.74) is 6.90. The number of carbonyl (C=O) groups is 2. The van der Waals surface area contributed by atoms with Crippen LogP contribution in [0.15, 0.2) is 6.07 Å². The molecule has 3 heterocycles. The van der Waals surface area contributed by atoms with Gasteiger partial charge in [0.15, 0.2) is 0 Å². The van der Waals surface area contributed by atoms with Crippen molar-refractivity contribution in [1.82, 2.24) is 20.0 Å². The Morgan fingerprint density at radius 3 is 2.81 bits per heavy atom. The van der Waals surface area contributed by atoms with Gasteiger partial charge in [-0.15, -0.1) is 11.3 Å². The summed E-state index contributed by atoms with van der Waals surface area (Å²) in [5, 5.41) is 8.18. The molecule has 0 aromatic carbocycles. The third kappa shape index (κ3) is 3.61. The van der Waals surface area contributed by atoms with E-state index < -0.39 is 6.04 Å². The summed E-state index contributed by atoms with van der Waals surface area (Å²) in [6.45, 7) is 7.06. The number of fused-ring (bicyclic) bond motifs is 1. The van der Waals surface area contributed by atoms with E-state index in [4.69, 9.17) is 5.73 Å². The molecule has 8 heteroatoms. The summed E-state index contributed by atoms with van der Waals surface area (Å²) < 4.78 is 1.78. The van der Waals surface area contributed by atoms with Gasteiger partial charge in [0.1, 0.15) is 10.9 Å². The van der Waals surface area contributed by atoms with E-state index in [1.54, 1.807) is 11.6 Å². The number of nitrogens with zero attached hydrogens (tertiary/aromatic N) is 3. The molecule has 0 radical (unpaired) electrons. The van der Waals surface area contributed by atoms with E-state index in [9.17, 15) is 9.59 Å². The molecule has 0 aliphatic carbocycles. The van der Waals surface area contributed by atoms with Gasteiger partial charge in [-0.3, -0.25) is 14.3 Å². The highest BCUT2D eigenvalue weighted by molar-refractivity contribution is 7.20. The Labute approximate surface area is 157 Å². The number of nitrogens with two attached hydrogens (primary N) is 1. The maximum absolute atomic E-state index is 12.7. The van der Waals surface area contributed by atoms with Crippen LogP contribution in [-0.2, 0) is 11.8 Å². The van der Waals surface area contributed by atoms with Crippen LogP contribution in [0.5, 0.6) is 0 Å². The summed E-state index contributed by atoms with van der Waals surface area (Å²) >= 11 is 1.39. The molecule has 26 heavy (non-hydrogen) atoms. The maximum atomic E-state index is 12.7. The first kappa shape index (κ1) is 18.8. The number of piperidine rings is 1. The second-order valence-corrected chi connectivity index (χ2v) is 8.31. The van der Waals surface area contributed by atoms with Gasteiger partial charge in [0.2, 0.25) is 5.91 Å². The molecule has 2 aromatic rings. The molecule has 1 fully saturated rings. The number of aromatic nitrogens is 2. The third-order valence-electron chi connectivity index (χ3n) is 5.15. The first-order valence-corrected chi connectivity index (χ1v) is 9.88. The minimum atomic E-state index is -0.557. The molecule has 2 aromatic heterocycles. The summed E-state index contributed by atoms with van der Waals surface area (Å²) in [5.74, 6) is 0.0727. The zero-order valence-electron chi connectivity index (χ0n) is 15.8. The van der Waals surface area contributed by atoms with Crippen molar-refractivity contribution in [2.45, 2.75) is 45.7 Å². The highest BCUT2D eigenvalue weighted by Crippen LogP contribution is 2.27. The van der Waals surface area contributed by atoms with Crippen molar-refractivity contribution in [2.24, 2.45) is 18.7 Å². The molecular formula is C18H27N5O2S. The largest absolute Gasteiger partial charge is 0.341 e. The van der Waals surface area contributed by atoms with Crippen LogP contribution in [0.1, 0.15) is 42.1 Å². The number of aryl methyl sites for hydroxylation is 2. The van der Waals surface area contributed by atoms with Gasteiger partial charge in [-0.1, -0.05) is 0 Å². The molecule has 3 unspecified atom stereocenters. The van der Waals surface area contributed by atoms with Crippen LogP contribution >= 0.6 is 11.3 Å². The molecular weight excluding hydrogens is 350 g/mol. The van der Waals surface area contributed by atoms with E-state index >= 15 is 0 Å². The van der Waals surface area contributed by atoms with Gasteiger partial charge >= 0.3 is 0 Å². The molecule has 0 saturated carbocycles. The molecule has 142 valence electrons. The number of likely N-dealkylation sites (tertiary alicyclic amines) is 1. The number of carbonyl (C=O) groups excluding carboxylic acids is 2. The van der Waals surface area contributed by atoms with Crippen molar-refractivity contribution >= 4 is 33.4 Å². The second-order valence-electron chi connectivity index (χ2n) is 7.28. The van der Waals surface area contributed by atoms with Crippen molar-refractivity contribution in [3.8, 4) is 0 Å². The lowest BCUT2D eigenvalue weighted by molar-refractivity contribution is -0.134. The molecule has 3 rings (SSSR count). The lowest BCUT2D eigenvalue weighted by Crippen LogP contribution is -2.51. The molecule has 3 N–H and O–H groups in total. The molecule has 1 aliphatic rings. The van der Waals surface area contributed by atoms with E-state index in [1.807, 2.05) is 31.9 Å². The lowest BCUT2D eigenvalue weighted by Gasteiger charge is -2.36. The summed E-state index contributed by atoms with van der Waals surface area (Å²) in [6, 6.07) is 1.37. The fraction of sp³-hybridized carbons (Fsp3) is 0.611. The zero-order valence-corrected chi connectivity index (χ0v) is 16.6. The van der Waals surface area contributed by atoms with E-state index in [-0.39, 0.29) is 17.9 Å². The van der Waals surface area contributed by atoms with Gasteiger partial charge in [0.25, 0.3) is 5.91 Å². The monoisotopic (exact) mass is 377 g/mol. The Kier molecular flexibility index (Phi) is 5.34. The van der Waals surface area contributed by atoms with Crippen molar-refractivity contribution in [3.05, 3.63) is 16.6 Å². The lowest BCUT2D eigenvalue weighted by atomic mass is 9.92. The smallest absolute Gasteiger partial charge is 0.262 e. The normalized spacial score (nSPS) is 20.2. The Morgan fingerprint density at radius 2 is 2.15 bits per heavy atom. The third-order valence-corrected chi connectivity index (χ3v) is 6.35. The molecule has 1 aliphatic heterocycles. The van der Waals surface area contributed by atoms with Gasteiger partial charge in [0.05, 0.1) is 10.6 Å². The number of rotatable bonds is 4. The topological polar surface area (TPSA) is 93.2 Å². The standard InChI is InChI=1S/C18H27N5O2S/c1-10(19)13-6-5-7-23(9-13)17(25)12(3)20-16(24)15-8-14-11(2)21-22(4)18(14)26-15/h8,10,12-13H,5-7,9,19H2,1-4H3,(H,20,24). The van der Waals surface area contributed by atoms with Crippen molar-refractivity contribution in [3.63, 3.8) is 0 Å². The van der Waals surface area contributed by atoms with Crippen LogP contribution in [-0.4, -0.2) is 51.7 Å². The first-order chi connectivity index (χ1) is 12.3. The fourth-order valence-electron chi connectivity index (χ4n) is 3.56. The van der Waals surface area contributed by atoms with Gasteiger partial charge in [-0.25, -0.2) is 0 Å². The predicted octanol–water partition coefficient (Wildman–Crippen LogP) is 1.65. The number of amides is 2. The molecule has 7 nitrogen and oxygen atoms in total. The van der Waals surface area contributed by atoms with E-state index in [1.165, 1.54) is 11.3 Å². The highest BCUT2D eigenvalue weighted by atomic mass is 32.1. The Bertz CT molecular complexity index is 791.